The van der Waals surface area contributed by atoms with E-state index in [1.807, 2.05) is 27.7 Å². The van der Waals surface area contributed by atoms with Crippen LogP contribution in [0.4, 0.5) is 0 Å². The van der Waals surface area contributed by atoms with Crippen LogP contribution in [0.5, 0.6) is 0 Å². The largest absolute Gasteiger partial charge is 0.512 e. The van der Waals surface area contributed by atoms with E-state index in [4.69, 9.17) is 10.2 Å². The molecule has 4 nitrogen and oxygen atoms in total. The van der Waals surface area contributed by atoms with Crippen LogP contribution < -0.4 is 0 Å². The van der Waals surface area contributed by atoms with Crippen molar-refractivity contribution in [2.45, 2.75) is 54.4 Å². The van der Waals surface area contributed by atoms with Gasteiger partial charge in [-0.1, -0.05) is 27.7 Å². The Morgan fingerprint density at radius 2 is 1.05 bits per heavy atom. The van der Waals surface area contributed by atoms with Crippen LogP contribution in [0.15, 0.2) is 23.7 Å². The molecule has 21 heavy (non-hydrogen) atoms. The zero-order chi connectivity index (χ0) is 16.3. The van der Waals surface area contributed by atoms with Gasteiger partial charge in [-0.05, 0) is 25.7 Å². The van der Waals surface area contributed by atoms with Crippen molar-refractivity contribution in [3.63, 3.8) is 0 Å². The summed E-state index contributed by atoms with van der Waals surface area (Å²) >= 11 is 0. The Bertz CT molecular complexity index is 332. The van der Waals surface area contributed by atoms with Gasteiger partial charge in [-0.15, -0.1) is 0 Å². The van der Waals surface area contributed by atoms with Gasteiger partial charge in [0.1, 0.15) is 0 Å². The maximum atomic E-state index is 10.4. The Morgan fingerprint density at radius 1 is 0.810 bits per heavy atom. The molecule has 1 radical (unpaired) electrons. The molecule has 0 atom stereocenters. The van der Waals surface area contributed by atoms with E-state index in [1.54, 1.807) is 0 Å². The van der Waals surface area contributed by atoms with Crippen molar-refractivity contribution in [1.29, 1.82) is 0 Å². The van der Waals surface area contributed by atoms with Crippen molar-refractivity contribution in [2.24, 2.45) is 11.8 Å². The number of aliphatic hydroxyl groups is 2. The summed E-state index contributed by atoms with van der Waals surface area (Å²) in [6.45, 7) is 10.8. The Hall–Kier alpha value is -1.06. The van der Waals surface area contributed by atoms with Gasteiger partial charge in [-0.2, -0.15) is 0 Å². The topological polar surface area (TPSA) is 74.6 Å². The van der Waals surface area contributed by atoms with Crippen LogP contribution in [0.25, 0.3) is 0 Å². The Balaban J connectivity index is -0.000000295. The van der Waals surface area contributed by atoms with E-state index in [0.29, 0.717) is 24.7 Å². The molecular formula is C16H28MnO4. The zero-order valence-corrected chi connectivity index (χ0v) is 15.0. The average Bonchev–Trinajstić information content (AvgIpc) is 2.11. The van der Waals surface area contributed by atoms with Crippen LogP contribution in [-0.4, -0.2) is 21.8 Å². The normalized spacial score (nSPS) is 11.6. The van der Waals surface area contributed by atoms with Crippen LogP contribution in [0.1, 0.15) is 54.4 Å². The van der Waals surface area contributed by atoms with Gasteiger partial charge in [0.15, 0.2) is 11.6 Å². The molecule has 0 fully saturated rings. The zero-order valence-electron chi connectivity index (χ0n) is 13.8. The quantitative estimate of drug-likeness (QED) is 0.433. The van der Waals surface area contributed by atoms with E-state index in [9.17, 15) is 9.59 Å². The van der Waals surface area contributed by atoms with Gasteiger partial charge in [0.05, 0.1) is 11.5 Å². The molecular weight excluding hydrogens is 311 g/mol. The second-order valence-electron chi connectivity index (χ2n) is 5.69. The summed E-state index contributed by atoms with van der Waals surface area (Å²) in [5.74, 6) is 0.965. The van der Waals surface area contributed by atoms with Crippen LogP contribution in [-0.2, 0) is 26.7 Å². The molecule has 2 N–H and O–H groups in total. The van der Waals surface area contributed by atoms with Gasteiger partial charge >= 0.3 is 0 Å². The molecule has 0 unspecified atom stereocenters. The summed E-state index contributed by atoms with van der Waals surface area (Å²) in [5.41, 5.74) is 0. The molecule has 0 aromatic rings. The van der Waals surface area contributed by atoms with Gasteiger partial charge in [0.25, 0.3) is 0 Å². The van der Waals surface area contributed by atoms with E-state index in [0.717, 1.165) is 0 Å². The minimum absolute atomic E-state index is 0. The summed E-state index contributed by atoms with van der Waals surface area (Å²) in [7, 11) is 0. The van der Waals surface area contributed by atoms with Gasteiger partial charge in [-0.25, -0.2) is 0 Å². The molecule has 0 aliphatic heterocycles. The van der Waals surface area contributed by atoms with Crippen LogP contribution >= 0.6 is 0 Å². The number of carbonyl (C=O) groups is 2. The van der Waals surface area contributed by atoms with E-state index in [-0.39, 0.29) is 40.2 Å². The molecule has 0 saturated heterocycles. The summed E-state index contributed by atoms with van der Waals surface area (Å²) in [4.78, 5) is 20.8. The molecule has 0 spiro atoms. The molecule has 0 bridgehead atoms. The molecule has 0 aliphatic carbocycles. The summed E-state index contributed by atoms with van der Waals surface area (Å²) in [6, 6.07) is 0. The number of allylic oxidation sites excluding steroid dienone is 4. The minimum Gasteiger partial charge on any atom is -0.512 e. The fourth-order valence-electron chi connectivity index (χ4n) is 1.42. The number of rotatable bonds is 6. The second kappa shape index (κ2) is 13.9. The monoisotopic (exact) mass is 339 g/mol. The maximum absolute atomic E-state index is 10.4. The van der Waals surface area contributed by atoms with E-state index >= 15 is 0 Å². The predicted molar refractivity (Wildman–Crippen MR) is 81.7 cm³/mol. The second-order valence-corrected chi connectivity index (χ2v) is 5.69. The summed E-state index contributed by atoms with van der Waals surface area (Å²) < 4.78 is 0. The Labute approximate surface area is 138 Å². The smallest absolute Gasteiger partial charge is 0.155 e. The third kappa shape index (κ3) is 24.3. The molecule has 123 valence electrons. The van der Waals surface area contributed by atoms with Crippen molar-refractivity contribution in [3.05, 3.63) is 23.7 Å². The maximum Gasteiger partial charge on any atom is 0.155 e. The molecule has 0 aromatic heterocycles. The van der Waals surface area contributed by atoms with Crippen molar-refractivity contribution >= 4 is 11.6 Å². The third-order valence-electron chi connectivity index (χ3n) is 1.97. The van der Waals surface area contributed by atoms with E-state index < -0.39 is 0 Å². The summed E-state index contributed by atoms with van der Waals surface area (Å²) in [5, 5.41) is 18.1. The number of ketones is 2. The first-order chi connectivity index (χ1) is 9.04. The fourth-order valence-corrected chi connectivity index (χ4v) is 1.42. The van der Waals surface area contributed by atoms with Gasteiger partial charge < -0.3 is 10.2 Å². The van der Waals surface area contributed by atoms with Gasteiger partial charge in [0, 0.05) is 42.1 Å². The van der Waals surface area contributed by atoms with Gasteiger partial charge in [-0.3, -0.25) is 9.59 Å². The molecule has 0 aromatic carbocycles. The SMILES string of the molecule is CC(=O)C=C(O)CC(C)C.CC(=O)C=C(O)CC(C)C.[Mn]. The van der Waals surface area contributed by atoms with Crippen molar-refractivity contribution in [1.82, 2.24) is 0 Å². The molecule has 0 saturated carbocycles. The molecule has 5 heteroatoms. The average molecular weight is 339 g/mol. The number of aliphatic hydroxyl groups excluding tert-OH is 2. The van der Waals surface area contributed by atoms with Crippen molar-refractivity contribution in [3.8, 4) is 0 Å². The summed E-state index contributed by atoms with van der Waals surface area (Å²) in [6.07, 6.45) is 3.69. The van der Waals surface area contributed by atoms with Crippen LogP contribution in [0.2, 0.25) is 0 Å². The van der Waals surface area contributed by atoms with E-state index in [1.165, 1.54) is 26.0 Å². The Morgan fingerprint density at radius 3 is 1.19 bits per heavy atom. The third-order valence-corrected chi connectivity index (χ3v) is 1.97. The first-order valence-corrected chi connectivity index (χ1v) is 6.84. The van der Waals surface area contributed by atoms with Crippen molar-refractivity contribution < 1.29 is 36.9 Å². The molecule has 0 heterocycles. The molecule has 0 aliphatic rings. The molecule has 0 amide bonds. The number of hydrogen-bond acceptors (Lipinski definition) is 4. The minimum atomic E-state index is -0.0989. The fraction of sp³-hybridized carbons (Fsp3) is 0.625. The van der Waals surface area contributed by atoms with Crippen LogP contribution in [0.3, 0.4) is 0 Å². The number of hydrogen-bond donors (Lipinski definition) is 2. The van der Waals surface area contributed by atoms with Crippen LogP contribution in [0, 0.1) is 11.8 Å². The molecule has 0 rings (SSSR count). The van der Waals surface area contributed by atoms with Crippen molar-refractivity contribution in [2.75, 3.05) is 0 Å². The first-order valence-electron chi connectivity index (χ1n) is 6.84. The van der Waals surface area contributed by atoms with Gasteiger partial charge in [0.2, 0.25) is 0 Å². The predicted octanol–water partition coefficient (Wildman–Crippen LogP) is 4.12. The number of carbonyl (C=O) groups excluding carboxylic acids is 2. The Kier molecular flexibility index (Phi) is 16.5. The van der Waals surface area contributed by atoms with E-state index in [2.05, 4.69) is 0 Å². The standard InChI is InChI=1S/2C8H14O2.Mn/c2*1-6(2)4-8(10)5-7(3)9;/h2*5-6,10H,4H2,1-3H3;. The first kappa shape index (κ1) is 24.9.